The number of hydrogen-bond donors (Lipinski definition) is 2. The molecule has 21 heteroatoms. The van der Waals surface area contributed by atoms with Crippen LogP contribution in [-0.4, -0.2) is 179 Å². The SMILES string of the molecule is CN1CCN(CCCc2nc(-c3ccc(N(C(=O)Nc4ccncc4)N(C(=O)Nc4ccncc4)c4ccc(-c5nc(CCCN6CCCC6)nc(N6CCOCC6)n5)cc4)cc3)nc(N3CCOCC3)n2)CC1. The third-order valence-corrected chi connectivity index (χ3v) is 13.7. The van der Waals surface area contributed by atoms with Crippen LogP contribution in [0.2, 0.25) is 0 Å². The summed E-state index contributed by atoms with van der Waals surface area (Å²) in [7, 11) is 2.17. The van der Waals surface area contributed by atoms with E-state index in [9.17, 15) is 9.59 Å². The van der Waals surface area contributed by atoms with Crippen molar-refractivity contribution >= 4 is 46.7 Å². The lowest BCUT2D eigenvalue weighted by atomic mass is 10.1. The highest BCUT2D eigenvalue weighted by Crippen LogP contribution is 2.31. The van der Waals surface area contributed by atoms with Gasteiger partial charge in [0.1, 0.15) is 11.6 Å². The number of ether oxygens (including phenoxy) is 2. The fraction of sp³-hybridized carbons (Fsp3) is 0.434. The number of carbonyl (C=O) groups excluding carboxylic acids is 2. The summed E-state index contributed by atoms with van der Waals surface area (Å²) in [5, 5.41) is 8.59. The maximum Gasteiger partial charge on any atom is 0.345 e. The lowest BCUT2D eigenvalue weighted by molar-refractivity contribution is 0.122. The number of piperazine rings is 1. The van der Waals surface area contributed by atoms with Gasteiger partial charge in [-0.15, -0.1) is 0 Å². The maximum atomic E-state index is 14.9. The zero-order valence-corrected chi connectivity index (χ0v) is 42.1. The van der Waals surface area contributed by atoms with E-state index in [0.29, 0.717) is 112 Å². The third kappa shape index (κ3) is 13.1. The van der Waals surface area contributed by atoms with Crippen molar-refractivity contribution in [3.63, 3.8) is 0 Å². The average Bonchev–Trinajstić information content (AvgIpc) is 3.98. The molecule has 4 saturated heterocycles. The summed E-state index contributed by atoms with van der Waals surface area (Å²) in [5.41, 5.74) is 3.19. The number of pyridine rings is 2. The number of likely N-dealkylation sites (N-methyl/N-ethyl adjacent to an activating group) is 1. The minimum Gasteiger partial charge on any atom is -0.378 e. The molecule has 4 fully saturated rings. The van der Waals surface area contributed by atoms with Crippen molar-refractivity contribution in [1.82, 2.24) is 54.6 Å². The van der Waals surface area contributed by atoms with E-state index in [-0.39, 0.29) is 0 Å². The Kier molecular flexibility index (Phi) is 16.7. The molecule has 4 amide bonds. The first-order valence-electron chi connectivity index (χ1n) is 25.9. The number of carbonyl (C=O) groups is 2. The predicted octanol–water partition coefficient (Wildman–Crippen LogP) is 5.75. The van der Waals surface area contributed by atoms with Crippen LogP contribution in [0.25, 0.3) is 22.8 Å². The van der Waals surface area contributed by atoms with Gasteiger partial charge in [-0.2, -0.15) is 30.0 Å². The molecular formula is C53H65N17O4. The Morgan fingerprint density at radius 3 is 1.32 bits per heavy atom. The first kappa shape index (κ1) is 50.2. The van der Waals surface area contributed by atoms with Crippen LogP contribution >= 0.6 is 0 Å². The lowest BCUT2D eigenvalue weighted by Crippen LogP contribution is -2.53. The normalized spacial score (nSPS) is 16.8. The number of nitrogens with one attached hydrogen (secondary N) is 2. The van der Waals surface area contributed by atoms with Gasteiger partial charge in [0, 0.05) is 112 Å². The van der Waals surface area contributed by atoms with Gasteiger partial charge in [-0.1, -0.05) is 0 Å². The number of anilines is 6. The number of amides is 4. The van der Waals surface area contributed by atoms with E-state index >= 15 is 0 Å². The van der Waals surface area contributed by atoms with Gasteiger partial charge in [0.2, 0.25) is 11.9 Å². The number of rotatable bonds is 16. The Hall–Kier alpha value is -7.30. The van der Waals surface area contributed by atoms with Gasteiger partial charge in [0.15, 0.2) is 11.6 Å². The molecule has 6 aromatic rings. The highest BCUT2D eigenvalue weighted by Gasteiger charge is 2.31. The number of benzene rings is 2. The van der Waals surface area contributed by atoms with Crippen molar-refractivity contribution in [2.75, 3.05) is 142 Å². The molecule has 0 spiro atoms. The van der Waals surface area contributed by atoms with Crippen molar-refractivity contribution in [2.45, 2.75) is 38.5 Å². The molecule has 0 saturated carbocycles. The van der Waals surface area contributed by atoms with E-state index in [1.54, 1.807) is 73.3 Å². The quantitative estimate of drug-likeness (QED) is 0.111. The van der Waals surface area contributed by atoms with Crippen LogP contribution < -0.4 is 30.5 Å². The molecule has 0 unspecified atom stereocenters. The fourth-order valence-corrected chi connectivity index (χ4v) is 9.48. The van der Waals surface area contributed by atoms with E-state index in [2.05, 4.69) is 52.1 Å². The molecule has 74 heavy (non-hydrogen) atoms. The van der Waals surface area contributed by atoms with Crippen molar-refractivity contribution in [1.29, 1.82) is 0 Å². The van der Waals surface area contributed by atoms with Crippen molar-refractivity contribution < 1.29 is 19.1 Å². The molecule has 4 aliphatic heterocycles. The third-order valence-electron chi connectivity index (χ3n) is 13.7. The molecule has 10 rings (SSSR count). The summed E-state index contributed by atoms with van der Waals surface area (Å²) in [6, 6.07) is 20.1. The van der Waals surface area contributed by atoms with Crippen molar-refractivity contribution in [2.24, 2.45) is 0 Å². The number of aryl methyl sites for hydroxylation is 2. The number of hydrogen-bond acceptors (Lipinski definition) is 17. The van der Waals surface area contributed by atoms with E-state index < -0.39 is 12.1 Å². The van der Waals surface area contributed by atoms with Gasteiger partial charge < -0.3 is 44.6 Å². The average molecular weight is 1000 g/mol. The molecule has 2 aromatic carbocycles. The van der Waals surface area contributed by atoms with Crippen LogP contribution in [0.1, 0.15) is 37.3 Å². The van der Waals surface area contributed by atoms with Crippen LogP contribution in [0.3, 0.4) is 0 Å². The van der Waals surface area contributed by atoms with Gasteiger partial charge in [0.05, 0.1) is 37.8 Å². The Bertz CT molecular complexity index is 2750. The maximum absolute atomic E-state index is 14.9. The summed E-state index contributed by atoms with van der Waals surface area (Å²) in [6.07, 6.45) is 12.1. The Balaban J connectivity index is 0.980. The Morgan fingerprint density at radius 2 is 0.905 bits per heavy atom. The molecule has 0 radical (unpaired) electrons. The molecule has 0 atom stereocenters. The summed E-state index contributed by atoms with van der Waals surface area (Å²) >= 11 is 0. The van der Waals surface area contributed by atoms with E-state index in [0.717, 1.165) is 88.0 Å². The van der Waals surface area contributed by atoms with E-state index in [4.69, 9.17) is 39.4 Å². The largest absolute Gasteiger partial charge is 0.378 e. The van der Waals surface area contributed by atoms with E-state index in [1.165, 1.54) is 22.9 Å². The highest BCUT2D eigenvalue weighted by molar-refractivity contribution is 6.13. The lowest BCUT2D eigenvalue weighted by Gasteiger charge is -2.35. The number of likely N-dealkylation sites (tertiary alicyclic amines) is 1. The molecular weight excluding hydrogens is 939 g/mol. The molecule has 386 valence electrons. The van der Waals surface area contributed by atoms with Gasteiger partial charge in [0.25, 0.3) is 0 Å². The number of morpholine rings is 2. The monoisotopic (exact) mass is 1000 g/mol. The highest BCUT2D eigenvalue weighted by atomic mass is 16.5. The molecule has 2 N–H and O–H groups in total. The number of nitrogens with zero attached hydrogens (tertiary/aromatic N) is 15. The second-order valence-corrected chi connectivity index (χ2v) is 18.9. The summed E-state index contributed by atoms with van der Waals surface area (Å²) in [6.45, 7) is 13.5. The molecule has 0 aliphatic carbocycles. The topological polar surface area (TPSA) is 202 Å². The number of hydrazine groups is 1. The first-order valence-corrected chi connectivity index (χ1v) is 25.9. The van der Waals surface area contributed by atoms with Crippen LogP contribution in [0.15, 0.2) is 97.6 Å². The molecule has 4 aliphatic rings. The smallest absolute Gasteiger partial charge is 0.345 e. The molecule has 21 nitrogen and oxygen atoms in total. The Morgan fingerprint density at radius 1 is 0.500 bits per heavy atom. The minimum absolute atomic E-state index is 0.385. The van der Waals surface area contributed by atoms with Crippen molar-refractivity contribution in [3.8, 4) is 22.8 Å². The first-order chi connectivity index (χ1) is 36.4. The van der Waals surface area contributed by atoms with Crippen LogP contribution in [0.5, 0.6) is 0 Å². The van der Waals surface area contributed by atoms with Crippen LogP contribution in [-0.2, 0) is 22.3 Å². The van der Waals surface area contributed by atoms with Gasteiger partial charge >= 0.3 is 12.1 Å². The molecule has 0 bridgehead atoms. The number of urea groups is 2. The number of aromatic nitrogens is 8. The zero-order valence-electron chi connectivity index (χ0n) is 42.1. The minimum atomic E-state index is -0.610. The Labute approximate surface area is 432 Å². The second-order valence-electron chi connectivity index (χ2n) is 18.9. The molecule has 4 aromatic heterocycles. The summed E-state index contributed by atoms with van der Waals surface area (Å²) in [4.78, 5) is 79.5. The van der Waals surface area contributed by atoms with Crippen LogP contribution in [0, 0.1) is 0 Å². The fourth-order valence-electron chi connectivity index (χ4n) is 9.48. The van der Waals surface area contributed by atoms with Gasteiger partial charge in [-0.3, -0.25) is 9.97 Å². The van der Waals surface area contributed by atoms with Crippen LogP contribution in [0.4, 0.5) is 44.2 Å². The van der Waals surface area contributed by atoms with E-state index in [1.807, 2.05) is 24.3 Å². The standard InChI is InChI=1S/C53H65N17O4/c1-64-28-30-66(31-29-64)27-5-7-47-59-49(63-51(61-47)68-34-38-74-39-35-68)41-10-14-45(15-11-41)70(53(72)57-43-18-22-55-23-19-43)69(52(71)56-42-16-20-54-21-17-42)44-12-8-40(9-13-44)48-58-46(6-4-26-65-24-2-3-25-65)60-50(62-48)67-32-36-73-37-33-67/h8-23H,2-7,24-39H2,1H3,(H,54,56,71)(H,55,57,72). The summed E-state index contributed by atoms with van der Waals surface area (Å²) < 4.78 is 11.3. The van der Waals surface area contributed by atoms with Gasteiger partial charge in [-0.05, 0) is 132 Å². The zero-order chi connectivity index (χ0) is 50.5. The van der Waals surface area contributed by atoms with Crippen molar-refractivity contribution in [3.05, 3.63) is 109 Å². The predicted molar refractivity (Wildman–Crippen MR) is 284 cm³/mol. The molecule has 8 heterocycles. The summed E-state index contributed by atoms with van der Waals surface area (Å²) in [5.74, 6) is 3.72. The second kappa shape index (κ2) is 24.6. The van der Waals surface area contributed by atoms with Gasteiger partial charge in [-0.25, -0.2) is 19.6 Å².